The molecule has 0 saturated heterocycles. The van der Waals surface area contributed by atoms with E-state index in [1.54, 1.807) is 0 Å². The molecule has 0 unspecified atom stereocenters. The minimum Gasteiger partial charge on any atom is -0.324 e. The lowest BCUT2D eigenvalue weighted by molar-refractivity contribution is -0.120. The summed E-state index contributed by atoms with van der Waals surface area (Å²) in [5.74, 6) is -0.380. The number of hydrogen-bond donors (Lipinski definition) is 1. The van der Waals surface area contributed by atoms with Gasteiger partial charge in [0.1, 0.15) is 6.54 Å². The van der Waals surface area contributed by atoms with E-state index < -0.39 is 0 Å². The zero-order valence-corrected chi connectivity index (χ0v) is 18.1. The smallest absolute Gasteiger partial charge is 0.244 e. The maximum Gasteiger partial charge on any atom is 0.244 e. The van der Waals surface area contributed by atoms with Gasteiger partial charge in [-0.05, 0) is 40.2 Å². The van der Waals surface area contributed by atoms with E-state index in [9.17, 15) is 9.59 Å². The highest BCUT2D eigenvalue weighted by molar-refractivity contribution is 6.02. The third-order valence-corrected chi connectivity index (χ3v) is 4.74. The first-order valence-corrected chi connectivity index (χ1v) is 9.67. The Labute approximate surface area is 169 Å². The number of para-hydroxylation sites is 1. The number of nitrogens with one attached hydrogen (secondary N) is 1. The molecule has 0 aliphatic heterocycles. The fourth-order valence-electron chi connectivity index (χ4n) is 3.11. The average Bonchev–Trinajstić information content (AvgIpc) is 2.58. The van der Waals surface area contributed by atoms with Gasteiger partial charge in [-0.25, -0.2) is 0 Å². The molecule has 1 N–H and O–H groups in total. The molecule has 0 atom stereocenters. The van der Waals surface area contributed by atoms with Gasteiger partial charge in [0.15, 0.2) is 0 Å². The summed E-state index contributed by atoms with van der Waals surface area (Å²) in [6.07, 6.45) is 0. The van der Waals surface area contributed by atoms with E-state index in [0.29, 0.717) is 0 Å². The molecular weight excluding hydrogens is 348 g/mol. The Balaban J connectivity index is 2.20. The minimum absolute atomic E-state index is 0.0251. The molecule has 0 spiro atoms. The second-order valence-corrected chi connectivity index (χ2v) is 9.25. The van der Waals surface area contributed by atoms with Crippen molar-refractivity contribution in [3.8, 4) is 0 Å². The van der Waals surface area contributed by atoms with Crippen LogP contribution in [0.3, 0.4) is 0 Å². The minimum atomic E-state index is -0.216. The van der Waals surface area contributed by atoms with Crippen molar-refractivity contribution in [2.45, 2.75) is 59.3 Å². The molecule has 0 aromatic heterocycles. The lowest BCUT2D eigenvalue weighted by atomic mass is 9.86. The number of rotatable bonds is 4. The van der Waals surface area contributed by atoms with Crippen LogP contribution in [-0.4, -0.2) is 18.4 Å². The van der Waals surface area contributed by atoms with Gasteiger partial charge in [0.25, 0.3) is 0 Å². The van der Waals surface area contributed by atoms with Gasteiger partial charge < -0.3 is 10.2 Å². The molecule has 0 fully saturated rings. The summed E-state index contributed by atoms with van der Waals surface area (Å²) in [4.78, 5) is 26.4. The molecule has 4 nitrogen and oxygen atoms in total. The van der Waals surface area contributed by atoms with Crippen LogP contribution < -0.4 is 10.2 Å². The molecule has 2 aromatic rings. The highest BCUT2D eigenvalue weighted by atomic mass is 16.2. The zero-order chi connectivity index (χ0) is 21.1. The fourth-order valence-corrected chi connectivity index (χ4v) is 3.11. The molecule has 0 heterocycles. The second kappa shape index (κ2) is 8.17. The van der Waals surface area contributed by atoms with Crippen molar-refractivity contribution < 1.29 is 9.59 Å². The first-order valence-electron chi connectivity index (χ1n) is 9.67. The quantitative estimate of drug-likeness (QED) is 0.785. The van der Waals surface area contributed by atoms with Crippen LogP contribution in [0.1, 0.15) is 59.6 Å². The normalized spacial score (nSPS) is 11.8. The second-order valence-electron chi connectivity index (χ2n) is 9.25. The van der Waals surface area contributed by atoms with Crippen LogP contribution >= 0.6 is 0 Å². The molecule has 0 bridgehead atoms. The molecular formula is C24H32N2O2. The van der Waals surface area contributed by atoms with Crippen LogP contribution in [0.25, 0.3) is 0 Å². The lowest BCUT2D eigenvalue weighted by Crippen LogP contribution is -2.37. The lowest BCUT2D eigenvalue weighted by Gasteiger charge is -2.25. The number of amides is 2. The van der Waals surface area contributed by atoms with Crippen molar-refractivity contribution in [1.82, 2.24) is 0 Å². The van der Waals surface area contributed by atoms with Gasteiger partial charge in [-0.3, -0.25) is 9.59 Å². The molecule has 0 aliphatic rings. The predicted octanol–water partition coefficient (Wildman–Crippen LogP) is 5.27. The standard InChI is InChI=1S/C24H32N2O2/c1-17(27)26(19-14-12-18(13-15-19)23(2,3)4)16-22(28)25-21-11-9-8-10-20(21)24(5,6)7/h8-15H,16H2,1-7H3,(H,25,28). The van der Waals surface area contributed by atoms with E-state index in [1.165, 1.54) is 17.4 Å². The topological polar surface area (TPSA) is 49.4 Å². The van der Waals surface area contributed by atoms with Gasteiger partial charge in [-0.15, -0.1) is 0 Å². The number of carbonyl (C=O) groups is 2. The number of nitrogens with zero attached hydrogens (tertiary/aromatic N) is 1. The summed E-state index contributed by atoms with van der Waals surface area (Å²) in [6, 6.07) is 15.6. The van der Waals surface area contributed by atoms with Crippen molar-refractivity contribution >= 4 is 23.2 Å². The third-order valence-electron chi connectivity index (χ3n) is 4.74. The molecule has 0 radical (unpaired) electrons. The SMILES string of the molecule is CC(=O)N(CC(=O)Nc1ccccc1C(C)(C)C)c1ccc(C(C)(C)C)cc1. The molecule has 2 amide bonds. The highest BCUT2D eigenvalue weighted by Crippen LogP contribution is 2.29. The van der Waals surface area contributed by atoms with Gasteiger partial charge in [0.2, 0.25) is 11.8 Å². The van der Waals surface area contributed by atoms with Crippen molar-refractivity contribution in [1.29, 1.82) is 0 Å². The van der Waals surface area contributed by atoms with E-state index in [-0.39, 0.29) is 29.2 Å². The molecule has 28 heavy (non-hydrogen) atoms. The number of anilines is 2. The van der Waals surface area contributed by atoms with E-state index >= 15 is 0 Å². The highest BCUT2D eigenvalue weighted by Gasteiger charge is 2.21. The first kappa shape index (κ1) is 21.7. The Kier molecular flexibility index (Phi) is 6.33. The molecule has 0 saturated carbocycles. The number of benzene rings is 2. The summed E-state index contributed by atoms with van der Waals surface area (Å²) < 4.78 is 0. The van der Waals surface area contributed by atoms with E-state index in [2.05, 4.69) is 46.9 Å². The van der Waals surface area contributed by atoms with Gasteiger partial charge >= 0.3 is 0 Å². The number of carbonyl (C=O) groups excluding carboxylic acids is 2. The fraction of sp³-hybridized carbons (Fsp3) is 0.417. The maximum atomic E-state index is 12.7. The van der Waals surface area contributed by atoms with Crippen LogP contribution in [0.2, 0.25) is 0 Å². The zero-order valence-electron chi connectivity index (χ0n) is 18.1. The maximum absolute atomic E-state index is 12.7. The molecule has 0 aliphatic carbocycles. The van der Waals surface area contributed by atoms with Crippen molar-refractivity contribution in [2.24, 2.45) is 0 Å². The largest absolute Gasteiger partial charge is 0.324 e. The Bertz CT molecular complexity index is 840. The molecule has 150 valence electrons. The van der Waals surface area contributed by atoms with Gasteiger partial charge in [0, 0.05) is 18.3 Å². The van der Waals surface area contributed by atoms with Crippen molar-refractivity contribution in [3.05, 3.63) is 59.7 Å². The van der Waals surface area contributed by atoms with E-state index in [1.807, 2.05) is 48.5 Å². The van der Waals surface area contributed by atoms with Crippen LogP contribution in [0.15, 0.2) is 48.5 Å². The third kappa shape index (κ3) is 5.44. The number of hydrogen-bond acceptors (Lipinski definition) is 2. The Morgan fingerprint density at radius 2 is 1.43 bits per heavy atom. The molecule has 2 aromatic carbocycles. The summed E-state index contributed by atoms with van der Waals surface area (Å²) in [5, 5.41) is 2.97. The van der Waals surface area contributed by atoms with Gasteiger partial charge in [-0.2, -0.15) is 0 Å². The summed E-state index contributed by atoms with van der Waals surface area (Å²) in [6.45, 7) is 14.2. The first-order chi connectivity index (χ1) is 12.9. The summed E-state index contributed by atoms with van der Waals surface area (Å²) in [7, 11) is 0. The van der Waals surface area contributed by atoms with Gasteiger partial charge in [-0.1, -0.05) is 71.9 Å². The monoisotopic (exact) mass is 380 g/mol. The van der Waals surface area contributed by atoms with Crippen LogP contribution in [0.5, 0.6) is 0 Å². The summed E-state index contributed by atoms with van der Waals surface area (Å²) >= 11 is 0. The van der Waals surface area contributed by atoms with Crippen LogP contribution in [0.4, 0.5) is 11.4 Å². The van der Waals surface area contributed by atoms with Crippen molar-refractivity contribution in [3.63, 3.8) is 0 Å². The Morgan fingerprint density at radius 1 is 0.857 bits per heavy atom. The van der Waals surface area contributed by atoms with Crippen molar-refractivity contribution in [2.75, 3.05) is 16.8 Å². The summed E-state index contributed by atoms with van der Waals surface area (Å²) in [5.41, 5.74) is 3.70. The average molecular weight is 381 g/mol. The molecule has 2 rings (SSSR count). The van der Waals surface area contributed by atoms with Crippen LogP contribution in [-0.2, 0) is 20.4 Å². The molecule has 4 heteroatoms. The Hall–Kier alpha value is -2.62. The Morgan fingerprint density at radius 3 is 1.93 bits per heavy atom. The van der Waals surface area contributed by atoms with E-state index in [0.717, 1.165) is 16.9 Å². The van der Waals surface area contributed by atoms with E-state index in [4.69, 9.17) is 0 Å². The van der Waals surface area contributed by atoms with Crippen LogP contribution in [0, 0.1) is 0 Å². The predicted molar refractivity (Wildman–Crippen MR) is 117 cm³/mol. The van der Waals surface area contributed by atoms with Gasteiger partial charge in [0.05, 0.1) is 0 Å².